The van der Waals surface area contributed by atoms with Crippen molar-refractivity contribution in [3.63, 3.8) is 0 Å². The van der Waals surface area contributed by atoms with E-state index in [-0.39, 0.29) is 0 Å². The fourth-order valence-corrected chi connectivity index (χ4v) is 1.08. The molecule has 0 aliphatic carbocycles. The second-order valence-corrected chi connectivity index (χ2v) is 2.83. The molecule has 11 heavy (non-hydrogen) atoms. The van der Waals surface area contributed by atoms with Gasteiger partial charge in [0.25, 0.3) is 0 Å². The first-order valence-electron chi connectivity index (χ1n) is 4.05. The molecule has 0 spiro atoms. The van der Waals surface area contributed by atoms with Crippen LogP contribution in [0.5, 0.6) is 0 Å². The van der Waals surface area contributed by atoms with Crippen LogP contribution < -0.4 is 5.32 Å². The highest BCUT2D eigenvalue weighted by molar-refractivity contribution is 5.60. The lowest BCUT2D eigenvalue weighted by Crippen LogP contribution is -2.48. The predicted octanol–water partition coefficient (Wildman–Crippen LogP) is 0.681. The summed E-state index contributed by atoms with van der Waals surface area (Å²) in [5, 5.41) is 3.15. The molecule has 0 atom stereocenters. The number of nitrogens with one attached hydrogen (secondary N) is 1. The molecular weight excluding hydrogens is 140 g/mol. The monoisotopic (exact) mass is 152 g/mol. The smallest absolute Gasteiger partial charge is 0.209 e. The number of rotatable bonds is 2. The molecule has 0 radical (unpaired) electrons. The van der Waals surface area contributed by atoms with Crippen LogP contribution in [0.3, 0.4) is 0 Å². The Balaban J connectivity index is 1.84. The van der Waals surface area contributed by atoms with Crippen molar-refractivity contribution in [3.8, 4) is 0 Å². The molecule has 60 valence electrons. The van der Waals surface area contributed by atoms with Crippen LogP contribution in [-0.4, -0.2) is 25.4 Å². The number of nitrogens with zero attached hydrogens (tertiary/aromatic N) is 1. The Morgan fingerprint density at radius 2 is 2.36 bits per heavy atom. The van der Waals surface area contributed by atoms with Crippen molar-refractivity contribution in [2.24, 2.45) is 4.99 Å². The SMILES string of the molecule is C1=NC(OC2CNC2)=CCC1. The molecule has 3 nitrogen and oxygen atoms in total. The molecule has 0 saturated carbocycles. The summed E-state index contributed by atoms with van der Waals surface area (Å²) in [6.45, 7) is 1.93. The van der Waals surface area contributed by atoms with Gasteiger partial charge >= 0.3 is 0 Å². The standard InChI is InChI=1S/C8H12N2O/c1-2-4-10-8(3-1)11-7-5-9-6-7/h3-4,7,9H,1-2,5-6H2. The molecule has 0 aromatic heterocycles. The Hall–Kier alpha value is -0.830. The van der Waals surface area contributed by atoms with Gasteiger partial charge in [0, 0.05) is 19.3 Å². The van der Waals surface area contributed by atoms with Crippen LogP contribution in [-0.2, 0) is 4.74 Å². The van der Waals surface area contributed by atoms with E-state index in [1.54, 1.807) is 0 Å². The lowest BCUT2D eigenvalue weighted by atomic mass is 10.2. The van der Waals surface area contributed by atoms with Gasteiger partial charge < -0.3 is 10.1 Å². The van der Waals surface area contributed by atoms with Crippen LogP contribution in [0.25, 0.3) is 0 Å². The summed E-state index contributed by atoms with van der Waals surface area (Å²) in [6, 6.07) is 0. The molecule has 2 aliphatic rings. The molecular formula is C8H12N2O. The molecule has 0 amide bonds. The number of ether oxygens (including phenoxy) is 1. The maximum atomic E-state index is 5.53. The first-order chi connectivity index (χ1) is 5.45. The van der Waals surface area contributed by atoms with Gasteiger partial charge in [-0.05, 0) is 18.9 Å². The molecule has 0 bridgehead atoms. The number of allylic oxidation sites excluding steroid dienone is 1. The highest BCUT2D eigenvalue weighted by atomic mass is 16.5. The van der Waals surface area contributed by atoms with Gasteiger partial charge in [-0.25, -0.2) is 4.99 Å². The largest absolute Gasteiger partial charge is 0.472 e. The fourth-order valence-electron chi connectivity index (χ4n) is 1.08. The second kappa shape index (κ2) is 3.05. The van der Waals surface area contributed by atoms with E-state index in [0.717, 1.165) is 31.8 Å². The van der Waals surface area contributed by atoms with Gasteiger partial charge in [-0.3, -0.25) is 0 Å². The van der Waals surface area contributed by atoms with E-state index in [9.17, 15) is 0 Å². The molecule has 1 fully saturated rings. The van der Waals surface area contributed by atoms with Crippen LogP contribution in [0.15, 0.2) is 17.0 Å². The highest BCUT2D eigenvalue weighted by Crippen LogP contribution is 2.12. The summed E-state index contributed by atoms with van der Waals surface area (Å²) in [6.07, 6.45) is 6.45. The first-order valence-corrected chi connectivity index (χ1v) is 4.05. The number of hydrogen-bond donors (Lipinski definition) is 1. The summed E-state index contributed by atoms with van der Waals surface area (Å²) in [5.74, 6) is 0.808. The van der Waals surface area contributed by atoms with Crippen molar-refractivity contribution in [1.82, 2.24) is 5.32 Å². The molecule has 2 heterocycles. The molecule has 3 heteroatoms. The average molecular weight is 152 g/mol. The third-order valence-electron chi connectivity index (χ3n) is 1.86. The molecule has 0 aromatic carbocycles. The van der Waals surface area contributed by atoms with Crippen LogP contribution in [0.4, 0.5) is 0 Å². The van der Waals surface area contributed by atoms with Gasteiger partial charge in [0.05, 0.1) is 0 Å². The summed E-state index contributed by atoms with van der Waals surface area (Å²) < 4.78 is 5.53. The third kappa shape index (κ3) is 1.60. The van der Waals surface area contributed by atoms with Crippen molar-refractivity contribution < 1.29 is 4.74 Å². The van der Waals surface area contributed by atoms with Crippen molar-refractivity contribution in [3.05, 3.63) is 12.0 Å². The number of hydrogen-bond acceptors (Lipinski definition) is 3. The summed E-state index contributed by atoms with van der Waals surface area (Å²) >= 11 is 0. The first kappa shape index (κ1) is 6.85. The molecule has 1 N–H and O–H groups in total. The van der Waals surface area contributed by atoms with Gasteiger partial charge in [0.2, 0.25) is 5.88 Å². The molecule has 0 aromatic rings. The highest BCUT2D eigenvalue weighted by Gasteiger charge is 2.19. The lowest BCUT2D eigenvalue weighted by molar-refractivity contribution is 0.0693. The average Bonchev–Trinajstić information content (AvgIpc) is 1.99. The van der Waals surface area contributed by atoms with Gasteiger partial charge in [-0.1, -0.05) is 0 Å². The van der Waals surface area contributed by atoms with E-state index in [1.165, 1.54) is 0 Å². The zero-order chi connectivity index (χ0) is 7.52. The van der Waals surface area contributed by atoms with Crippen molar-refractivity contribution in [1.29, 1.82) is 0 Å². The lowest BCUT2D eigenvalue weighted by Gasteiger charge is -2.28. The minimum Gasteiger partial charge on any atom is -0.472 e. The van der Waals surface area contributed by atoms with Crippen molar-refractivity contribution in [2.75, 3.05) is 13.1 Å². The quantitative estimate of drug-likeness (QED) is 0.631. The predicted molar refractivity (Wildman–Crippen MR) is 43.6 cm³/mol. The van der Waals surface area contributed by atoms with E-state index in [2.05, 4.69) is 16.4 Å². The third-order valence-corrected chi connectivity index (χ3v) is 1.86. The van der Waals surface area contributed by atoms with Gasteiger partial charge in [0.1, 0.15) is 6.10 Å². The summed E-state index contributed by atoms with van der Waals surface area (Å²) in [7, 11) is 0. The minimum absolute atomic E-state index is 0.358. The normalized spacial score (nSPS) is 24.2. The van der Waals surface area contributed by atoms with E-state index in [0.29, 0.717) is 6.10 Å². The maximum absolute atomic E-state index is 5.53. The van der Waals surface area contributed by atoms with Gasteiger partial charge in [-0.2, -0.15) is 0 Å². The van der Waals surface area contributed by atoms with E-state index in [4.69, 9.17) is 4.74 Å². The fraction of sp³-hybridized carbons (Fsp3) is 0.625. The topological polar surface area (TPSA) is 33.6 Å². The number of aliphatic imine (C=N–C) groups is 1. The van der Waals surface area contributed by atoms with Crippen LogP contribution in [0, 0.1) is 0 Å². The molecule has 2 aliphatic heterocycles. The van der Waals surface area contributed by atoms with Crippen molar-refractivity contribution in [2.45, 2.75) is 18.9 Å². The van der Waals surface area contributed by atoms with E-state index in [1.807, 2.05) is 6.21 Å². The molecule has 0 unspecified atom stereocenters. The Morgan fingerprint density at radius 3 is 2.91 bits per heavy atom. The Morgan fingerprint density at radius 1 is 1.45 bits per heavy atom. The zero-order valence-electron chi connectivity index (χ0n) is 6.42. The minimum atomic E-state index is 0.358. The maximum Gasteiger partial charge on any atom is 0.209 e. The summed E-state index contributed by atoms with van der Waals surface area (Å²) in [4.78, 5) is 4.14. The Kier molecular flexibility index (Phi) is 1.90. The molecule has 2 rings (SSSR count). The van der Waals surface area contributed by atoms with E-state index >= 15 is 0 Å². The van der Waals surface area contributed by atoms with Crippen LogP contribution in [0.2, 0.25) is 0 Å². The van der Waals surface area contributed by atoms with E-state index < -0.39 is 0 Å². The van der Waals surface area contributed by atoms with Gasteiger partial charge in [-0.15, -0.1) is 0 Å². The Labute approximate surface area is 66.2 Å². The second-order valence-electron chi connectivity index (χ2n) is 2.83. The zero-order valence-corrected chi connectivity index (χ0v) is 6.42. The molecule has 1 saturated heterocycles. The van der Waals surface area contributed by atoms with Crippen LogP contribution >= 0.6 is 0 Å². The summed E-state index contributed by atoms with van der Waals surface area (Å²) in [5.41, 5.74) is 0. The Bertz CT molecular complexity index is 194. The van der Waals surface area contributed by atoms with Gasteiger partial charge in [0.15, 0.2) is 0 Å². The van der Waals surface area contributed by atoms with Crippen LogP contribution in [0.1, 0.15) is 12.8 Å². The van der Waals surface area contributed by atoms with Crippen molar-refractivity contribution >= 4 is 6.21 Å².